The minimum absolute atomic E-state index is 0.190. The van der Waals surface area contributed by atoms with Gasteiger partial charge in [-0.2, -0.15) is 0 Å². The van der Waals surface area contributed by atoms with Crippen molar-refractivity contribution in [2.45, 2.75) is 6.42 Å². The van der Waals surface area contributed by atoms with Gasteiger partial charge >= 0.3 is 0 Å². The third kappa shape index (κ3) is 3.03. The second kappa shape index (κ2) is 5.94. The molecule has 0 aliphatic rings. The number of hydrogen-bond donors (Lipinski definition) is 1. The summed E-state index contributed by atoms with van der Waals surface area (Å²) in [6.07, 6.45) is 0.671. The molecule has 0 radical (unpaired) electrons. The maximum absolute atomic E-state index is 6.30. The van der Waals surface area contributed by atoms with Crippen molar-refractivity contribution in [3.8, 4) is 11.3 Å². The number of hydrogen-bond acceptors (Lipinski definition) is 3. The van der Waals surface area contributed by atoms with Crippen LogP contribution in [0.1, 0.15) is 11.1 Å². The first-order valence-electron chi connectivity index (χ1n) is 6.65. The van der Waals surface area contributed by atoms with Crippen LogP contribution in [0.25, 0.3) is 11.3 Å². The monoisotopic (exact) mass is 295 g/mol. The smallest absolute Gasteiger partial charge is 0.222 e. The zero-order valence-electron chi connectivity index (χ0n) is 11.3. The molecule has 0 spiro atoms. The summed E-state index contributed by atoms with van der Waals surface area (Å²) in [5.74, 6) is 0.190. The predicted molar refractivity (Wildman–Crippen MR) is 86.1 cm³/mol. The van der Waals surface area contributed by atoms with E-state index in [1.54, 1.807) is 0 Å². The molecule has 3 aromatic rings. The van der Waals surface area contributed by atoms with Crippen LogP contribution in [-0.4, -0.2) is 9.97 Å². The molecule has 1 aromatic heterocycles. The highest BCUT2D eigenvalue weighted by Crippen LogP contribution is 2.29. The van der Waals surface area contributed by atoms with Crippen molar-refractivity contribution in [1.82, 2.24) is 9.97 Å². The summed E-state index contributed by atoms with van der Waals surface area (Å²) in [5.41, 5.74) is 9.58. The number of nitrogens with zero attached hydrogens (tertiary/aromatic N) is 2. The van der Waals surface area contributed by atoms with Crippen LogP contribution in [0.5, 0.6) is 0 Å². The summed E-state index contributed by atoms with van der Waals surface area (Å²) in [5, 5.41) is 0.408. The molecule has 3 nitrogen and oxygen atoms in total. The zero-order valence-corrected chi connectivity index (χ0v) is 12.1. The normalized spacial score (nSPS) is 10.5. The molecule has 0 fully saturated rings. The lowest BCUT2D eigenvalue weighted by Gasteiger charge is -2.11. The van der Waals surface area contributed by atoms with E-state index in [9.17, 15) is 0 Å². The van der Waals surface area contributed by atoms with E-state index in [1.165, 1.54) is 0 Å². The van der Waals surface area contributed by atoms with Crippen molar-refractivity contribution < 1.29 is 0 Å². The topological polar surface area (TPSA) is 51.8 Å². The SMILES string of the molecule is Nc1nc(Cl)c(Cc2ccccc2)c(-c2ccccc2)n1. The lowest BCUT2D eigenvalue weighted by atomic mass is 10.0. The van der Waals surface area contributed by atoms with Gasteiger partial charge in [-0.3, -0.25) is 0 Å². The Morgan fingerprint density at radius 3 is 2.14 bits per heavy atom. The molecule has 2 aromatic carbocycles. The minimum Gasteiger partial charge on any atom is -0.368 e. The van der Waals surface area contributed by atoms with Crippen molar-refractivity contribution in [2.24, 2.45) is 0 Å². The Hall–Kier alpha value is -2.39. The molecule has 1 heterocycles. The van der Waals surface area contributed by atoms with Gasteiger partial charge in [0, 0.05) is 17.5 Å². The van der Waals surface area contributed by atoms with Crippen LogP contribution >= 0.6 is 11.6 Å². The zero-order chi connectivity index (χ0) is 14.7. The predicted octanol–water partition coefficient (Wildman–Crippen LogP) is 3.97. The van der Waals surface area contributed by atoms with Gasteiger partial charge in [-0.25, -0.2) is 9.97 Å². The van der Waals surface area contributed by atoms with Gasteiger partial charge in [0.05, 0.1) is 5.69 Å². The van der Waals surface area contributed by atoms with Crippen molar-refractivity contribution in [2.75, 3.05) is 5.73 Å². The maximum Gasteiger partial charge on any atom is 0.222 e. The second-order valence-corrected chi connectivity index (χ2v) is 5.09. The molecule has 0 aliphatic carbocycles. The Balaban J connectivity index is 2.11. The van der Waals surface area contributed by atoms with Gasteiger partial charge in [-0.05, 0) is 5.56 Å². The number of halogens is 1. The molecule has 3 rings (SSSR count). The van der Waals surface area contributed by atoms with Crippen LogP contribution in [0.2, 0.25) is 5.15 Å². The van der Waals surface area contributed by atoms with Gasteiger partial charge < -0.3 is 5.73 Å². The Morgan fingerprint density at radius 2 is 1.48 bits per heavy atom. The molecule has 4 heteroatoms. The Kier molecular flexibility index (Phi) is 3.84. The Bertz CT molecular complexity index is 743. The van der Waals surface area contributed by atoms with Gasteiger partial charge in [-0.15, -0.1) is 0 Å². The van der Waals surface area contributed by atoms with Gasteiger partial charge in [0.15, 0.2) is 0 Å². The number of benzene rings is 2. The molecule has 0 atom stereocenters. The van der Waals surface area contributed by atoms with Crippen molar-refractivity contribution in [3.63, 3.8) is 0 Å². The molecule has 0 saturated carbocycles. The highest BCUT2D eigenvalue weighted by Gasteiger charge is 2.14. The summed E-state index contributed by atoms with van der Waals surface area (Å²) >= 11 is 6.30. The number of rotatable bonds is 3. The first-order chi connectivity index (χ1) is 10.2. The fourth-order valence-electron chi connectivity index (χ4n) is 2.26. The van der Waals surface area contributed by atoms with Gasteiger partial charge in [-0.1, -0.05) is 72.3 Å². The molecule has 0 unspecified atom stereocenters. The molecule has 21 heavy (non-hydrogen) atoms. The van der Waals surface area contributed by atoms with E-state index in [1.807, 2.05) is 48.5 Å². The van der Waals surface area contributed by atoms with Crippen molar-refractivity contribution in [1.29, 1.82) is 0 Å². The van der Waals surface area contributed by atoms with Crippen molar-refractivity contribution >= 4 is 17.5 Å². The summed E-state index contributed by atoms with van der Waals surface area (Å²) in [7, 11) is 0. The van der Waals surface area contributed by atoms with E-state index in [4.69, 9.17) is 17.3 Å². The van der Waals surface area contributed by atoms with E-state index in [0.717, 1.165) is 22.4 Å². The molecule has 0 bridgehead atoms. The molecule has 0 saturated heterocycles. The molecule has 0 aliphatic heterocycles. The summed E-state index contributed by atoms with van der Waals surface area (Å²) in [6.45, 7) is 0. The van der Waals surface area contributed by atoms with Crippen LogP contribution in [0.15, 0.2) is 60.7 Å². The second-order valence-electron chi connectivity index (χ2n) is 4.73. The van der Waals surface area contributed by atoms with Crippen molar-refractivity contribution in [3.05, 3.63) is 76.9 Å². The van der Waals surface area contributed by atoms with E-state index in [-0.39, 0.29) is 5.95 Å². The molecular weight excluding hydrogens is 282 g/mol. The van der Waals surface area contributed by atoms with Gasteiger partial charge in [0.25, 0.3) is 0 Å². The van der Waals surface area contributed by atoms with Gasteiger partial charge in [0.1, 0.15) is 5.15 Å². The maximum atomic E-state index is 6.30. The average molecular weight is 296 g/mol. The molecule has 2 N–H and O–H groups in total. The quantitative estimate of drug-likeness (QED) is 0.744. The molecule has 0 amide bonds. The number of anilines is 1. The van der Waals surface area contributed by atoms with Crippen LogP contribution in [0, 0.1) is 0 Å². The summed E-state index contributed by atoms with van der Waals surface area (Å²) < 4.78 is 0. The fourth-order valence-corrected chi connectivity index (χ4v) is 2.51. The highest BCUT2D eigenvalue weighted by molar-refractivity contribution is 6.30. The van der Waals surface area contributed by atoms with E-state index in [2.05, 4.69) is 22.1 Å². The average Bonchev–Trinajstić information content (AvgIpc) is 2.51. The molecular formula is C17H14ClN3. The minimum atomic E-state index is 0.190. The van der Waals surface area contributed by atoms with Crippen LogP contribution < -0.4 is 5.73 Å². The summed E-state index contributed by atoms with van der Waals surface area (Å²) in [6, 6.07) is 20.0. The lowest BCUT2D eigenvalue weighted by molar-refractivity contribution is 1.09. The standard InChI is InChI=1S/C17H14ClN3/c18-16-14(11-12-7-3-1-4-8-12)15(20-17(19)21-16)13-9-5-2-6-10-13/h1-10H,11H2,(H2,19,20,21). The third-order valence-electron chi connectivity index (χ3n) is 3.24. The lowest BCUT2D eigenvalue weighted by Crippen LogP contribution is -2.03. The van der Waals surface area contributed by atoms with Crippen LogP contribution in [0.3, 0.4) is 0 Å². The van der Waals surface area contributed by atoms with E-state index < -0.39 is 0 Å². The number of aromatic nitrogens is 2. The van der Waals surface area contributed by atoms with Gasteiger partial charge in [0.2, 0.25) is 5.95 Å². The van der Waals surface area contributed by atoms with Crippen LogP contribution in [0.4, 0.5) is 5.95 Å². The summed E-state index contributed by atoms with van der Waals surface area (Å²) in [4.78, 5) is 8.47. The first kappa shape index (κ1) is 13.6. The number of nitrogens with two attached hydrogens (primary N) is 1. The Morgan fingerprint density at radius 1 is 0.857 bits per heavy atom. The third-order valence-corrected chi connectivity index (χ3v) is 3.56. The largest absolute Gasteiger partial charge is 0.368 e. The van der Waals surface area contributed by atoms with E-state index >= 15 is 0 Å². The first-order valence-corrected chi connectivity index (χ1v) is 7.03. The van der Waals surface area contributed by atoms with Crippen LogP contribution in [-0.2, 0) is 6.42 Å². The molecule has 104 valence electrons. The highest BCUT2D eigenvalue weighted by atomic mass is 35.5. The number of nitrogen functional groups attached to an aromatic ring is 1. The van der Waals surface area contributed by atoms with E-state index in [0.29, 0.717) is 11.6 Å². The Labute approximate surface area is 128 Å². The fraction of sp³-hybridized carbons (Fsp3) is 0.0588.